The summed E-state index contributed by atoms with van der Waals surface area (Å²) in [6.07, 6.45) is 9.12. The van der Waals surface area contributed by atoms with Gasteiger partial charge in [0.2, 0.25) is 0 Å². The number of fused-ring (bicyclic) bond motifs is 2. The lowest BCUT2D eigenvalue weighted by molar-refractivity contribution is 1.06. The van der Waals surface area contributed by atoms with Gasteiger partial charge in [-0.15, -0.1) is 0 Å². The van der Waals surface area contributed by atoms with Crippen LogP contribution < -0.4 is 0 Å². The van der Waals surface area contributed by atoms with E-state index < -0.39 is 0 Å². The third kappa shape index (κ3) is 2.58. The van der Waals surface area contributed by atoms with E-state index in [1.807, 2.05) is 54.1 Å². The van der Waals surface area contributed by atoms with Crippen molar-refractivity contribution in [2.75, 3.05) is 0 Å². The minimum Gasteiger partial charge on any atom is -0.336 e. The van der Waals surface area contributed by atoms with Crippen molar-refractivity contribution in [3.05, 3.63) is 73.2 Å². The Morgan fingerprint density at radius 3 is 2.80 bits per heavy atom. The fourth-order valence-corrected chi connectivity index (χ4v) is 3.66. The first kappa shape index (κ1) is 16.6. The van der Waals surface area contributed by atoms with E-state index in [0.29, 0.717) is 5.82 Å². The van der Waals surface area contributed by atoms with Crippen molar-refractivity contribution in [2.45, 2.75) is 6.92 Å². The summed E-state index contributed by atoms with van der Waals surface area (Å²) >= 11 is 0. The highest BCUT2D eigenvalue weighted by molar-refractivity contribution is 5.95. The second-order valence-electron chi connectivity index (χ2n) is 7.11. The zero-order valence-electron chi connectivity index (χ0n) is 16.0. The third-order valence-electron chi connectivity index (χ3n) is 5.11. The Labute approximate surface area is 170 Å². The average Bonchev–Trinajstić information content (AvgIpc) is 3.51. The van der Waals surface area contributed by atoms with Crippen LogP contribution in [-0.2, 0) is 0 Å². The number of pyridine rings is 2. The molecule has 0 radical (unpaired) electrons. The molecule has 144 valence electrons. The van der Waals surface area contributed by atoms with E-state index in [1.54, 1.807) is 24.9 Å². The molecule has 0 aliphatic heterocycles. The van der Waals surface area contributed by atoms with E-state index in [-0.39, 0.29) is 0 Å². The Balaban J connectivity index is 1.52. The first-order chi connectivity index (χ1) is 14.8. The Bertz CT molecular complexity index is 1510. The maximum absolute atomic E-state index is 4.87. The molecule has 0 atom stereocenters. The van der Waals surface area contributed by atoms with Crippen LogP contribution in [0.1, 0.15) is 5.69 Å². The van der Waals surface area contributed by atoms with E-state index in [9.17, 15) is 0 Å². The minimum atomic E-state index is 0.698. The Morgan fingerprint density at radius 2 is 1.97 bits per heavy atom. The van der Waals surface area contributed by atoms with Gasteiger partial charge in [-0.05, 0) is 37.3 Å². The molecule has 0 saturated heterocycles. The molecule has 0 spiro atoms. The molecule has 0 aliphatic rings. The molecule has 6 rings (SSSR count). The fourth-order valence-electron chi connectivity index (χ4n) is 3.66. The van der Waals surface area contributed by atoms with Gasteiger partial charge in [-0.3, -0.25) is 15.1 Å². The number of aromatic amines is 2. The summed E-state index contributed by atoms with van der Waals surface area (Å²) in [7, 11) is 0. The number of H-pyrrole nitrogens is 2. The van der Waals surface area contributed by atoms with Crippen molar-refractivity contribution < 1.29 is 0 Å². The first-order valence-corrected chi connectivity index (χ1v) is 9.51. The molecule has 5 aromatic heterocycles. The molecule has 8 heteroatoms. The summed E-state index contributed by atoms with van der Waals surface area (Å²) in [5.74, 6) is 0.698. The summed E-state index contributed by atoms with van der Waals surface area (Å²) in [4.78, 5) is 21.3. The summed E-state index contributed by atoms with van der Waals surface area (Å²) in [6.45, 7) is 1.97. The Kier molecular flexibility index (Phi) is 3.51. The van der Waals surface area contributed by atoms with E-state index in [1.165, 1.54) is 0 Å². The second kappa shape index (κ2) is 6.35. The Hall–Kier alpha value is -4.33. The monoisotopic (exact) mass is 392 g/mol. The lowest BCUT2D eigenvalue weighted by atomic mass is 10.1. The highest BCUT2D eigenvalue weighted by atomic mass is 15.1. The van der Waals surface area contributed by atoms with Gasteiger partial charge in [0.1, 0.15) is 11.2 Å². The van der Waals surface area contributed by atoms with Crippen LogP contribution in [0.3, 0.4) is 0 Å². The zero-order valence-corrected chi connectivity index (χ0v) is 16.0. The number of aryl methyl sites for hydroxylation is 1. The number of nitrogens with zero attached hydrogens (tertiary/aromatic N) is 6. The lowest BCUT2D eigenvalue weighted by Crippen LogP contribution is -1.91. The number of hydrogen-bond donors (Lipinski definition) is 2. The number of imidazole rings is 2. The molecule has 2 N–H and O–H groups in total. The molecule has 6 aromatic rings. The molecule has 0 aliphatic carbocycles. The molecule has 30 heavy (non-hydrogen) atoms. The molecule has 0 saturated carbocycles. The predicted molar refractivity (Wildman–Crippen MR) is 114 cm³/mol. The molecule has 0 amide bonds. The molecule has 1 aromatic carbocycles. The van der Waals surface area contributed by atoms with Crippen LogP contribution in [0.4, 0.5) is 0 Å². The molecule has 0 fully saturated rings. The van der Waals surface area contributed by atoms with Crippen LogP contribution in [0.25, 0.3) is 50.4 Å². The van der Waals surface area contributed by atoms with Crippen LogP contribution in [0.2, 0.25) is 0 Å². The molecule has 5 heterocycles. The minimum absolute atomic E-state index is 0.698. The molecule has 8 nitrogen and oxygen atoms in total. The van der Waals surface area contributed by atoms with E-state index in [4.69, 9.17) is 4.98 Å². The maximum Gasteiger partial charge on any atom is 0.159 e. The zero-order chi connectivity index (χ0) is 20.1. The topological polar surface area (TPSA) is 101 Å². The normalized spacial score (nSPS) is 11.5. The quantitative estimate of drug-likeness (QED) is 0.473. The van der Waals surface area contributed by atoms with E-state index in [2.05, 4.69) is 30.1 Å². The molecule has 0 unspecified atom stereocenters. The molecular formula is C22H16N8. The lowest BCUT2D eigenvalue weighted by Gasteiger charge is -2.01. The first-order valence-electron chi connectivity index (χ1n) is 9.51. The van der Waals surface area contributed by atoms with Gasteiger partial charge in [-0.25, -0.2) is 9.97 Å². The smallest absolute Gasteiger partial charge is 0.159 e. The van der Waals surface area contributed by atoms with Gasteiger partial charge in [0.05, 0.1) is 40.6 Å². The van der Waals surface area contributed by atoms with Gasteiger partial charge in [-0.1, -0.05) is 6.07 Å². The van der Waals surface area contributed by atoms with Crippen molar-refractivity contribution in [1.82, 2.24) is 39.7 Å². The summed E-state index contributed by atoms with van der Waals surface area (Å²) in [5, 5.41) is 8.51. The van der Waals surface area contributed by atoms with Gasteiger partial charge in [0.25, 0.3) is 0 Å². The predicted octanol–water partition coefficient (Wildman–Crippen LogP) is 4.06. The number of para-hydroxylation sites is 1. The van der Waals surface area contributed by atoms with Gasteiger partial charge in [-0.2, -0.15) is 5.10 Å². The highest BCUT2D eigenvalue weighted by Crippen LogP contribution is 2.30. The fraction of sp³-hybridized carbons (Fsp3) is 0.0455. The van der Waals surface area contributed by atoms with Crippen LogP contribution >= 0.6 is 0 Å². The largest absolute Gasteiger partial charge is 0.336 e. The van der Waals surface area contributed by atoms with Gasteiger partial charge in [0.15, 0.2) is 5.82 Å². The van der Waals surface area contributed by atoms with Crippen LogP contribution in [0, 0.1) is 6.92 Å². The number of hydrogen-bond acceptors (Lipinski definition) is 5. The second-order valence-corrected chi connectivity index (χ2v) is 7.11. The summed E-state index contributed by atoms with van der Waals surface area (Å²) in [6, 6.07) is 11.9. The van der Waals surface area contributed by atoms with E-state index in [0.717, 1.165) is 50.3 Å². The van der Waals surface area contributed by atoms with Crippen molar-refractivity contribution >= 4 is 21.9 Å². The molecule has 0 bridgehead atoms. The van der Waals surface area contributed by atoms with Gasteiger partial charge in [0, 0.05) is 29.5 Å². The summed E-state index contributed by atoms with van der Waals surface area (Å²) in [5.41, 5.74) is 7.11. The van der Waals surface area contributed by atoms with Crippen molar-refractivity contribution in [3.63, 3.8) is 0 Å². The number of aromatic nitrogens is 8. The van der Waals surface area contributed by atoms with Crippen molar-refractivity contribution in [1.29, 1.82) is 0 Å². The Morgan fingerprint density at radius 1 is 1.00 bits per heavy atom. The number of nitrogens with one attached hydrogen (secondary N) is 2. The van der Waals surface area contributed by atoms with Gasteiger partial charge < -0.3 is 9.55 Å². The number of benzene rings is 1. The highest BCUT2D eigenvalue weighted by Gasteiger charge is 2.16. The van der Waals surface area contributed by atoms with Crippen LogP contribution in [0.5, 0.6) is 0 Å². The van der Waals surface area contributed by atoms with Crippen LogP contribution in [-0.4, -0.2) is 39.7 Å². The van der Waals surface area contributed by atoms with Crippen molar-refractivity contribution in [2.24, 2.45) is 0 Å². The SMILES string of the molecule is Cc1cn(-c2cccc3[nH]c(-c4n[nH]c5cnc(-c6cccnc6)cc45)nc23)cn1. The maximum atomic E-state index is 4.87. The number of rotatable bonds is 3. The van der Waals surface area contributed by atoms with Gasteiger partial charge >= 0.3 is 0 Å². The molecular weight excluding hydrogens is 376 g/mol. The standard InChI is InChI=1S/C22H16N8/c1-13-11-30(12-25-13)19-6-2-5-16-21(19)27-22(26-16)20-15-8-17(14-4-3-7-23-9-14)24-10-18(15)28-29-20/h2-12H,1H3,(H,26,27)(H,28,29). The average molecular weight is 392 g/mol. The third-order valence-corrected chi connectivity index (χ3v) is 5.11. The summed E-state index contributed by atoms with van der Waals surface area (Å²) < 4.78 is 1.98. The van der Waals surface area contributed by atoms with Crippen molar-refractivity contribution in [3.8, 4) is 28.5 Å². The van der Waals surface area contributed by atoms with E-state index >= 15 is 0 Å². The van der Waals surface area contributed by atoms with Crippen LogP contribution in [0.15, 0.2) is 67.5 Å².